The van der Waals surface area contributed by atoms with E-state index in [4.69, 9.17) is 5.73 Å². The standard InChI is InChI=1S/C7H13N3S/c1-6(5-11-2)10-4-3-9-7(10)8/h3-4,6H,5H2,1-2H3,(H2,8,9). The summed E-state index contributed by atoms with van der Waals surface area (Å²) in [5.74, 6) is 1.67. The molecule has 0 spiro atoms. The maximum absolute atomic E-state index is 5.61. The summed E-state index contributed by atoms with van der Waals surface area (Å²) in [6.07, 6.45) is 5.73. The second-order valence-corrected chi connectivity index (χ2v) is 3.41. The number of nitrogens with two attached hydrogens (primary N) is 1. The number of rotatable bonds is 3. The number of thioether (sulfide) groups is 1. The average Bonchev–Trinajstić information content (AvgIpc) is 2.36. The Labute approximate surface area is 71.0 Å². The van der Waals surface area contributed by atoms with E-state index in [1.165, 1.54) is 0 Å². The third kappa shape index (κ3) is 1.89. The van der Waals surface area contributed by atoms with Crippen LogP contribution in [-0.2, 0) is 0 Å². The Morgan fingerprint density at radius 2 is 2.55 bits per heavy atom. The van der Waals surface area contributed by atoms with Gasteiger partial charge in [0.05, 0.1) is 0 Å². The van der Waals surface area contributed by atoms with Gasteiger partial charge in [0.15, 0.2) is 5.95 Å². The van der Waals surface area contributed by atoms with Crippen LogP contribution in [0.4, 0.5) is 5.95 Å². The van der Waals surface area contributed by atoms with Gasteiger partial charge in [-0.1, -0.05) is 0 Å². The lowest BCUT2D eigenvalue weighted by Crippen LogP contribution is -2.09. The minimum atomic E-state index is 0.437. The molecule has 1 rings (SSSR count). The number of imidazole rings is 1. The molecule has 1 unspecified atom stereocenters. The second-order valence-electron chi connectivity index (χ2n) is 2.50. The van der Waals surface area contributed by atoms with E-state index in [1.54, 1.807) is 6.20 Å². The van der Waals surface area contributed by atoms with Crippen molar-refractivity contribution in [3.63, 3.8) is 0 Å². The van der Waals surface area contributed by atoms with Crippen LogP contribution in [0.15, 0.2) is 12.4 Å². The summed E-state index contributed by atoms with van der Waals surface area (Å²) in [4.78, 5) is 3.95. The molecule has 0 fully saturated rings. The van der Waals surface area contributed by atoms with Gasteiger partial charge >= 0.3 is 0 Å². The van der Waals surface area contributed by atoms with Crippen LogP contribution < -0.4 is 5.73 Å². The monoisotopic (exact) mass is 171 g/mol. The van der Waals surface area contributed by atoms with E-state index in [9.17, 15) is 0 Å². The minimum absolute atomic E-state index is 0.437. The van der Waals surface area contributed by atoms with Crippen molar-refractivity contribution >= 4 is 17.7 Å². The quantitative estimate of drug-likeness (QED) is 0.747. The first-order valence-corrected chi connectivity index (χ1v) is 4.92. The van der Waals surface area contributed by atoms with Crippen LogP contribution in [0.25, 0.3) is 0 Å². The summed E-state index contributed by atoms with van der Waals surface area (Å²) >= 11 is 1.81. The molecule has 0 aliphatic carbocycles. The van der Waals surface area contributed by atoms with Crippen molar-refractivity contribution in [2.45, 2.75) is 13.0 Å². The molecule has 62 valence electrons. The molecule has 3 nitrogen and oxygen atoms in total. The molecule has 0 bridgehead atoms. The SMILES string of the molecule is CSCC(C)n1ccnc1N. The summed E-state index contributed by atoms with van der Waals surface area (Å²) in [7, 11) is 0. The maximum atomic E-state index is 5.61. The Balaban J connectivity index is 2.67. The van der Waals surface area contributed by atoms with Crippen molar-refractivity contribution < 1.29 is 0 Å². The molecule has 0 radical (unpaired) electrons. The third-order valence-corrected chi connectivity index (χ3v) is 2.40. The number of hydrogen-bond acceptors (Lipinski definition) is 3. The number of nitrogen functional groups attached to an aromatic ring is 1. The molecule has 0 saturated carbocycles. The second kappa shape index (κ2) is 3.67. The van der Waals surface area contributed by atoms with Gasteiger partial charge in [-0.2, -0.15) is 11.8 Å². The Morgan fingerprint density at radius 3 is 3.00 bits per heavy atom. The number of aromatic nitrogens is 2. The Kier molecular flexibility index (Phi) is 2.82. The third-order valence-electron chi connectivity index (χ3n) is 1.58. The van der Waals surface area contributed by atoms with Crippen molar-refractivity contribution in [2.24, 2.45) is 0 Å². The molecule has 0 amide bonds. The summed E-state index contributed by atoms with van der Waals surface area (Å²) < 4.78 is 1.98. The summed E-state index contributed by atoms with van der Waals surface area (Å²) in [6.45, 7) is 2.13. The predicted molar refractivity (Wildman–Crippen MR) is 49.7 cm³/mol. The van der Waals surface area contributed by atoms with Gasteiger partial charge < -0.3 is 10.3 Å². The smallest absolute Gasteiger partial charge is 0.200 e. The van der Waals surface area contributed by atoms with Gasteiger partial charge in [-0.25, -0.2) is 4.98 Å². The van der Waals surface area contributed by atoms with E-state index in [0.29, 0.717) is 12.0 Å². The first kappa shape index (κ1) is 8.46. The van der Waals surface area contributed by atoms with E-state index < -0.39 is 0 Å². The lowest BCUT2D eigenvalue weighted by Gasteiger charge is -2.12. The molecule has 1 atom stereocenters. The summed E-state index contributed by atoms with van der Waals surface area (Å²) in [6, 6.07) is 0.437. The fraction of sp³-hybridized carbons (Fsp3) is 0.571. The van der Waals surface area contributed by atoms with Crippen molar-refractivity contribution in [2.75, 3.05) is 17.7 Å². The van der Waals surface area contributed by atoms with Crippen molar-refractivity contribution in [1.82, 2.24) is 9.55 Å². The number of hydrogen-bond donors (Lipinski definition) is 1. The van der Waals surface area contributed by atoms with E-state index in [1.807, 2.05) is 22.5 Å². The molecule has 0 aliphatic heterocycles. The normalized spacial score (nSPS) is 13.3. The molecule has 1 heterocycles. The largest absolute Gasteiger partial charge is 0.369 e. The van der Waals surface area contributed by atoms with E-state index >= 15 is 0 Å². The zero-order valence-corrected chi connectivity index (χ0v) is 7.64. The Hall–Kier alpha value is -0.640. The van der Waals surface area contributed by atoms with Gasteiger partial charge in [0.2, 0.25) is 0 Å². The van der Waals surface area contributed by atoms with Crippen LogP contribution >= 0.6 is 11.8 Å². The van der Waals surface area contributed by atoms with Gasteiger partial charge in [0.1, 0.15) is 0 Å². The Morgan fingerprint density at radius 1 is 1.82 bits per heavy atom. The number of nitrogens with zero attached hydrogens (tertiary/aromatic N) is 2. The average molecular weight is 171 g/mol. The molecule has 1 aromatic heterocycles. The molecule has 0 saturated heterocycles. The summed E-state index contributed by atoms with van der Waals surface area (Å²) in [5.41, 5.74) is 5.61. The van der Waals surface area contributed by atoms with Crippen LogP contribution in [0.1, 0.15) is 13.0 Å². The zero-order valence-electron chi connectivity index (χ0n) is 6.82. The highest BCUT2D eigenvalue weighted by atomic mass is 32.2. The highest BCUT2D eigenvalue weighted by molar-refractivity contribution is 7.98. The maximum Gasteiger partial charge on any atom is 0.200 e. The van der Waals surface area contributed by atoms with Crippen LogP contribution in [0.5, 0.6) is 0 Å². The van der Waals surface area contributed by atoms with Gasteiger partial charge in [0.25, 0.3) is 0 Å². The van der Waals surface area contributed by atoms with Crippen molar-refractivity contribution in [3.05, 3.63) is 12.4 Å². The van der Waals surface area contributed by atoms with E-state index in [2.05, 4.69) is 18.2 Å². The molecular weight excluding hydrogens is 158 g/mol. The Bertz CT molecular complexity index is 221. The first-order chi connectivity index (χ1) is 5.25. The molecule has 0 aliphatic rings. The van der Waals surface area contributed by atoms with E-state index in [-0.39, 0.29) is 0 Å². The molecular formula is C7H13N3S. The summed E-state index contributed by atoms with van der Waals surface area (Å²) in [5, 5.41) is 0. The minimum Gasteiger partial charge on any atom is -0.369 e. The van der Waals surface area contributed by atoms with Gasteiger partial charge in [-0.3, -0.25) is 0 Å². The predicted octanol–water partition coefficient (Wildman–Crippen LogP) is 1.39. The zero-order chi connectivity index (χ0) is 8.27. The lowest BCUT2D eigenvalue weighted by atomic mass is 10.4. The first-order valence-electron chi connectivity index (χ1n) is 3.53. The van der Waals surface area contributed by atoms with E-state index in [0.717, 1.165) is 5.75 Å². The fourth-order valence-corrected chi connectivity index (χ4v) is 1.66. The van der Waals surface area contributed by atoms with Gasteiger partial charge in [-0.15, -0.1) is 0 Å². The fourth-order valence-electron chi connectivity index (χ4n) is 1.02. The van der Waals surface area contributed by atoms with Gasteiger partial charge in [-0.05, 0) is 13.2 Å². The molecule has 1 aromatic rings. The molecule has 11 heavy (non-hydrogen) atoms. The number of anilines is 1. The molecule has 2 N–H and O–H groups in total. The molecule has 0 aromatic carbocycles. The van der Waals surface area contributed by atoms with Crippen LogP contribution in [-0.4, -0.2) is 21.6 Å². The van der Waals surface area contributed by atoms with Gasteiger partial charge in [0, 0.05) is 24.2 Å². The van der Waals surface area contributed by atoms with Crippen LogP contribution in [0.3, 0.4) is 0 Å². The highest BCUT2D eigenvalue weighted by Gasteiger charge is 2.05. The van der Waals surface area contributed by atoms with Crippen molar-refractivity contribution in [3.8, 4) is 0 Å². The van der Waals surface area contributed by atoms with Crippen LogP contribution in [0, 0.1) is 0 Å². The topological polar surface area (TPSA) is 43.8 Å². The lowest BCUT2D eigenvalue weighted by molar-refractivity contribution is 0.619. The van der Waals surface area contributed by atoms with Crippen molar-refractivity contribution in [1.29, 1.82) is 0 Å². The van der Waals surface area contributed by atoms with Crippen LogP contribution in [0.2, 0.25) is 0 Å². The molecule has 4 heteroatoms. The highest BCUT2D eigenvalue weighted by Crippen LogP contribution is 2.14.